The van der Waals surface area contributed by atoms with Crippen molar-refractivity contribution in [2.75, 3.05) is 17.3 Å². The second-order valence-electron chi connectivity index (χ2n) is 8.98. The predicted octanol–water partition coefficient (Wildman–Crippen LogP) is 5.52. The van der Waals surface area contributed by atoms with Gasteiger partial charge in [-0.2, -0.15) is 0 Å². The highest BCUT2D eigenvalue weighted by Gasteiger charge is 2.41. The van der Waals surface area contributed by atoms with Gasteiger partial charge in [-0.15, -0.1) is 0 Å². The Morgan fingerprint density at radius 3 is 2.47 bits per heavy atom. The third-order valence-electron chi connectivity index (χ3n) is 6.81. The maximum atomic E-state index is 13.8. The molecule has 1 aliphatic carbocycles. The average molecular weight is 484 g/mol. The molecule has 8 heteroatoms. The number of rotatable bonds is 4. The lowest BCUT2D eigenvalue weighted by Gasteiger charge is -2.34. The summed E-state index contributed by atoms with van der Waals surface area (Å²) in [6, 6.07) is 20.4. The van der Waals surface area contributed by atoms with Crippen molar-refractivity contribution in [1.82, 2.24) is 0 Å². The highest BCUT2D eigenvalue weighted by Crippen LogP contribution is 2.47. The van der Waals surface area contributed by atoms with Crippen molar-refractivity contribution in [3.05, 3.63) is 105 Å². The van der Waals surface area contributed by atoms with Gasteiger partial charge in [0.05, 0.1) is 29.4 Å². The van der Waals surface area contributed by atoms with E-state index in [4.69, 9.17) is 4.74 Å². The van der Waals surface area contributed by atoms with E-state index in [1.807, 2.05) is 48.5 Å². The van der Waals surface area contributed by atoms with E-state index in [1.165, 1.54) is 19.1 Å². The lowest BCUT2D eigenvalue weighted by Crippen LogP contribution is -2.37. The molecule has 0 aromatic heterocycles. The maximum Gasteiger partial charge on any atom is 0.269 e. The van der Waals surface area contributed by atoms with Gasteiger partial charge in [0.25, 0.3) is 5.69 Å². The number of Topliss-reactive ketones (excluding diaryl/α,β-unsaturated/α-hetero) is 1. The molecule has 3 aromatic carbocycles. The first-order valence-corrected chi connectivity index (χ1v) is 11.7. The number of para-hydroxylation sites is 2. The zero-order valence-corrected chi connectivity index (χ0v) is 19.9. The Hall–Kier alpha value is -4.46. The molecule has 0 saturated heterocycles. The number of methoxy groups -OCH3 is 1. The van der Waals surface area contributed by atoms with E-state index in [0.29, 0.717) is 28.9 Å². The summed E-state index contributed by atoms with van der Waals surface area (Å²) < 4.78 is 5.27. The summed E-state index contributed by atoms with van der Waals surface area (Å²) in [5.41, 5.74) is 3.95. The molecule has 0 fully saturated rings. The number of anilines is 2. The van der Waals surface area contributed by atoms with E-state index in [2.05, 4.69) is 5.32 Å². The number of ether oxygens (including phenoxy) is 1. The van der Waals surface area contributed by atoms with Gasteiger partial charge in [-0.25, -0.2) is 0 Å². The lowest BCUT2D eigenvalue weighted by molar-refractivity contribution is -0.384. The Morgan fingerprint density at radius 2 is 1.78 bits per heavy atom. The van der Waals surface area contributed by atoms with Crippen LogP contribution in [0.4, 0.5) is 17.1 Å². The number of hydrogen-bond donors (Lipinski definition) is 1. The standard InChI is InChI=1S/C28H25N3O5/c1-17(32)30-25-9-4-3-8-23(25)29-24-15-20(18-10-12-22(36-2)13-11-18)16-26(33)27(24)28(30)19-6-5-7-21(14-19)31(34)35/h3-14,20,28-29H,15-16H2,1-2H3/t20-,28+/m1/s1. The SMILES string of the molecule is COc1ccc([C@H]2CC(=O)C3=C(C2)Nc2ccccc2N(C(C)=O)[C@H]3c2cccc([N+](=O)[O-])c2)cc1. The summed E-state index contributed by atoms with van der Waals surface area (Å²) >= 11 is 0. The van der Waals surface area contributed by atoms with Crippen molar-refractivity contribution in [2.24, 2.45) is 0 Å². The van der Waals surface area contributed by atoms with Gasteiger partial charge in [-0.3, -0.25) is 24.6 Å². The number of nitro benzene ring substituents is 1. The van der Waals surface area contributed by atoms with Crippen LogP contribution in [0.15, 0.2) is 84.1 Å². The van der Waals surface area contributed by atoms with Crippen molar-refractivity contribution in [3.63, 3.8) is 0 Å². The van der Waals surface area contributed by atoms with Crippen LogP contribution in [0.3, 0.4) is 0 Å². The topological polar surface area (TPSA) is 102 Å². The summed E-state index contributed by atoms with van der Waals surface area (Å²) in [6.07, 6.45) is 0.819. The quantitative estimate of drug-likeness (QED) is 0.387. The van der Waals surface area contributed by atoms with Gasteiger partial charge in [0.15, 0.2) is 5.78 Å². The van der Waals surface area contributed by atoms with E-state index >= 15 is 0 Å². The number of non-ortho nitro benzene ring substituents is 1. The molecule has 0 radical (unpaired) electrons. The molecule has 0 unspecified atom stereocenters. The van der Waals surface area contributed by atoms with Crippen LogP contribution in [0.5, 0.6) is 5.75 Å². The van der Waals surface area contributed by atoms with Gasteiger partial charge in [-0.05, 0) is 47.7 Å². The van der Waals surface area contributed by atoms with E-state index in [-0.39, 0.29) is 29.7 Å². The van der Waals surface area contributed by atoms with Crippen LogP contribution in [-0.4, -0.2) is 23.7 Å². The average Bonchev–Trinajstić information content (AvgIpc) is 3.03. The molecular formula is C28H25N3O5. The summed E-state index contributed by atoms with van der Waals surface area (Å²) in [5, 5.41) is 15.0. The van der Waals surface area contributed by atoms with Crippen LogP contribution >= 0.6 is 0 Å². The Bertz CT molecular complexity index is 1400. The van der Waals surface area contributed by atoms with E-state index in [0.717, 1.165) is 17.0 Å². The first-order valence-electron chi connectivity index (χ1n) is 11.7. The number of nitrogens with zero attached hydrogens (tertiary/aromatic N) is 2. The minimum absolute atomic E-state index is 0.0588. The van der Waals surface area contributed by atoms with Crippen LogP contribution < -0.4 is 15.0 Å². The molecule has 0 saturated carbocycles. The van der Waals surface area contributed by atoms with E-state index in [1.54, 1.807) is 24.1 Å². The molecule has 1 aliphatic heterocycles. The highest BCUT2D eigenvalue weighted by molar-refractivity contribution is 6.06. The number of ketones is 1. The normalized spacial score (nSPS) is 19.1. The van der Waals surface area contributed by atoms with Crippen LogP contribution in [-0.2, 0) is 9.59 Å². The Labute approximate surface area is 208 Å². The van der Waals surface area contributed by atoms with Crippen LogP contribution in [0.1, 0.15) is 42.9 Å². The number of allylic oxidation sites excluding steroid dienone is 1. The van der Waals surface area contributed by atoms with Gasteiger partial charge < -0.3 is 10.1 Å². The van der Waals surface area contributed by atoms with Gasteiger partial charge in [-0.1, -0.05) is 36.4 Å². The molecule has 1 N–H and O–H groups in total. The summed E-state index contributed by atoms with van der Waals surface area (Å²) in [5.74, 6) is 0.321. The van der Waals surface area contributed by atoms with Gasteiger partial charge >= 0.3 is 0 Å². The molecule has 1 amide bonds. The van der Waals surface area contributed by atoms with Crippen molar-refractivity contribution in [2.45, 2.75) is 31.7 Å². The molecule has 36 heavy (non-hydrogen) atoms. The number of hydrogen-bond acceptors (Lipinski definition) is 6. The second-order valence-corrected chi connectivity index (χ2v) is 8.98. The molecule has 182 valence electrons. The third kappa shape index (κ3) is 4.11. The Morgan fingerprint density at radius 1 is 1.03 bits per heavy atom. The van der Waals surface area contributed by atoms with Gasteiger partial charge in [0, 0.05) is 36.7 Å². The number of benzene rings is 3. The zero-order valence-electron chi connectivity index (χ0n) is 19.9. The fraction of sp³-hybridized carbons (Fsp3) is 0.214. The van der Waals surface area contributed by atoms with Crippen LogP contribution in [0.2, 0.25) is 0 Å². The first-order chi connectivity index (χ1) is 17.4. The first kappa shape index (κ1) is 23.3. The zero-order chi connectivity index (χ0) is 25.4. The molecule has 1 heterocycles. The van der Waals surface area contributed by atoms with Crippen molar-refractivity contribution < 1.29 is 19.2 Å². The monoisotopic (exact) mass is 483 g/mol. The smallest absolute Gasteiger partial charge is 0.269 e. The van der Waals surface area contributed by atoms with Crippen molar-refractivity contribution in [3.8, 4) is 5.75 Å². The summed E-state index contributed by atoms with van der Waals surface area (Å²) in [7, 11) is 1.61. The maximum absolute atomic E-state index is 13.8. The molecule has 0 bridgehead atoms. The highest BCUT2D eigenvalue weighted by atomic mass is 16.6. The summed E-state index contributed by atoms with van der Waals surface area (Å²) in [4.78, 5) is 39.5. The minimum atomic E-state index is -0.794. The molecule has 8 nitrogen and oxygen atoms in total. The molecule has 5 rings (SSSR count). The molecular weight excluding hydrogens is 458 g/mol. The number of carbonyl (C=O) groups excluding carboxylic acids is 2. The largest absolute Gasteiger partial charge is 0.497 e. The number of amides is 1. The van der Waals surface area contributed by atoms with Crippen LogP contribution in [0.25, 0.3) is 0 Å². The number of nitrogens with one attached hydrogen (secondary N) is 1. The fourth-order valence-corrected chi connectivity index (χ4v) is 5.17. The molecule has 2 aliphatic rings. The Kier molecular flexibility index (Phi) is 6.01. The van der Waals surface area contributed by atoms with Crippen molar-refractivity contribution >= 4 is 28.8 Å². The fourth-order valence-electron chi connectivity index (χ4n) is 5.17. The number of fused-ring (bicyclic) bond motifs is 1. The molecule has 0 spiro atoms. The number of nitro groups is 1. The second kappa shape index (κ2) is 9.30. The van der Waals surface area contributed by atoms with E-state index in [9.17, 15) is 19.7 Å². The molecule has 3 aromatic rings. The molecule has 2 atom stereocenters. The van der Waals surface area contributed by atoms with Gasteiger partial charge in [0.2, 0.25) is 5.91 Å². The van der Waals surface area contributed by atoms with E-state index < -0.39 is 11.0 Å². The lowest BCUT2D eigenvalue weighted by atomic mass is 9.78. The number of carbonyl (C=O) groups is 2. The third-order valence-corrected chi connectivity index (χ3v) is 6.81. The van der Waals surface area contributed by atoms with Gasteiger partial charge in [0.1, 0.15) is 5.75 Å². The minimum Gasteiger partial charge on any atom is -0.497 e. The van der Waals surface area contributed by atoms with Crippen LogP contribution in [0, 0.1) is 10.1 Å². The van der Waals surface area contributed by atoms with Crippen molar-refractivity contribution in [1.29, 1.82) is 0 Å². The summed E-state index contributed by atoms with van der Waals surface area (Å²) in [6.45, 7) is 1.44. The Balaban J connectivity index is 1.68. The predicted molar refractivity (Wildman–Crippen MR) is 136 cm³/mol.